The zero-order valence-corrected chi connectivity index (χ0v) is 25.5. The summed E-state index contributed by atoms with van der Waals surface area (Å²) in [4.78, 5) is 48.9. The van der Waals surface area contributed by atoms with Crippen LogP contribution < -0.4 is 29.3 Å². The number of fused-ring (bicyclic) bond motifs is 3. The van der Waals surface area contributed by atoms with Crippen LogP contribution in [0, 0.1) is 0 Å². The number of aromatic nitrogens is 1. The van der Waals surface area contributed by atoms with Gasteiger partial charge in [0.15, 0.2) is 16.3 Å². The van der Waals surface area contributed by atoms with Crippen molar-refractivity contribution < 1.29 is 23.8 Å². The molecular weight excluding hydrogens is 634 g/mol. The van der Waals surface area contributed by atoms with Crippen molar-refractivity contribution in [1.82, 2.24) is 4.57 Å². The van der Waals surface area contributed by atoms with Crippen LogP contribution in [0.2, 0.25) is 0 Å². The summed E-state index contributed by atoms with van der Waals surface area (Å²) in [6, 6.07) is 19.3. The first kappa shape index (κ1) is 27.4. The van der Waals surface area contributed by atoms with Gasteiger partial charge in [-0.3, -0.25) is 14.2 Å². The van der Waals surface area contributed by atoms with Crippen LogP contribution in [0.5, 0.6) is 11.5 Å². The number of amides is 1. The predicted octanol–water partition coefficient (Wildman–Crippen LogP) is 4.16. The molecule has 7 rings (SSSR count). The number of rotatable bonds is 5. The lowest BCUT2D eigenvalue weighted by Crippen LogP contribution is -2.41. The number of carbonyl (C=O) groups is 2. The molecule has 0 radical (unpaired) electrons. The lowest BCUT2D eigenvalue weighted by molar-refractivity contribution is -0.138. The van der Waals surface area contributed by atoms with Gasteiger partial charge in [0, 0.05) is 22.1 Å². The maximum atomic E-state index is 14.5. The standard InChI is InChI=1S/C32H24BrN3O6S/c1-3-35-21-12-11-19(33)15-20(21)24(29(35)37)28-30(38)36-27(18-10-13-22-23(14-18)42-16-41-22)25(31(39)40-4-2)26(34-32(36)43-28)17-8-6-5-7-9-17/h5-15,27H,3-4,16H2,1-2H3/b28-24+/t27-/m0/s1. The van der Waals surface area contributed by atoms with Crippen LogP contribution >= 0.6 is 27.3 Å². The molecule has 0 unspecified atom stereocenters. The number of hydrogen-bond donors (Lipinski definition) is 0. The van der Waals surface area contributed by atoms with Gasteiger partial charge in [-0.25, -0.2) is 9.79 Å². The maximum absolute atomic E-state index is 14.5. The second-order valence-electron chi connectivity index (χ2n) is 9.95. The Bertz CT molecular complexity index is 2050. The molecule has 1 aromatic heterocycles. The number of hydrogen-bond acceptors (Lipinski definition) is 8. The van der Waals surface area contributed by atoms with Gasteiger partial charge in [0.2, 0.25) is 6.79 Å². The Morgan fingerprint density at radius 3 is 2.60 bits per heavy atom. The zero-order chi connectivity index (χ0) is 29.8. The minimum atomic E-state index is -0.907. The van der Waals surface area contributed by atoms with E-state index in [1.807, 2.05) is 55.5 Å². The number of nitrogens with zero attached hydrogens (tertiary/aromatic N) is 3. The molecule has 3 aliphatic heterocycles. The van der Waals surface area contributed by atoms with Gasteiger partial charge in [-0.15, -0.1) is 0 Å². The molecule has 4 aromatic rings. The molecule has 3 aliphatic rings. The maximum Gasteiger partial charge on any atom is 0.338 e. The van der Waals surface area contributed by atoms with Gasteiger partial charge in [0.25, 0.3) is 11.5 Å². The minimum absolute atomic E-state index is 0.0751. The normalized spacial score (nSPS) is 18.0. The molecule has 0 fully saturated rings. The van der Waals surface area contributed by atoms with E-state index >= 15 is 0 Å². The molecule has 0 N–H and O–H groups in total. The summed E-state index contributed by atoms with van der Waals surface area (Å²) in [5.74, 6) is 0.233. The number of esters is 1. The highest BCUT2D eigenvalue weighted by Crippen LogP contribution is 2.41. The summed E-state index contributed by atoms with van der Waals surface area (Å²) in [7, 11) is 0. The van der Waals surface area contributed by atoms with Crippen LogP contribution in [-0.2, 0) is 14.3 Å². The summed E-state index contributed by atoms with van der Waals surface area (Å²) in [5.41, 5.74) is 3.22. The average Bonchev–Trinajstić information content (AvgIpc) is 3.69. The molecule has 216 valence electrons. The number of benzene rings is 3. The molecule has 3 aromatic carbocycles. The van der Waals surface area contributed by atoms with Gasteiger partial charge in [-0.1, -0.05) is 63.7 Å². The van der Waals surface area contributed by atoms with E-state index in [1.54, 1.807) is 30.0 Å². The van der Waals surface area contributed by atoms with Crippen molar-refractivity contribution >= 4 is 56.1 Å². The summed E-state index contributed by atoms with van der Waals surface area (Å²) in [6.45, 7) is 4.28. The fraction of sp³-hybridized carbons (Fsp3) is 0.188. The molecule has 0 aliphatic carbocycles. The van der Waals surface area contributed by atoms with Crippen LogP contribution in [-0.4, -0.2) is 36.4 Å². The largest absolute Gasteiger partial charge is 0.463 e. The molecule has 11 heteroatoms. The number of likely N-dealkylation sites (N-methyl/N-ethyl adjacent to an activating group) is 1. The molecule has 0 spiro atoms. The van der Waals surface area contributed by atoms with E-state index < -0.39 is 17.6 Å². The molecule has 9 nitrogen and oxygen atoms in total. The van der Waals surface area contributed by atoms with E-state index in [-0.39, 0.29) is 29.4 Å². The van der Waals surface area contributed by atoms with Gasteiger partial charge >= 0.3 is 5.97 Å². The Hall–Kier alpha value is -4.48. The smallest absolute Gasteiger partial charge is 0.338 e. The fourth-order valence-electron chi connectivity index (χ4n) is 5.73. The van der Waals surface area contributed by atoms with Gasteiger partial charge in [0.1, 0.15) is 4.53 Å². The van der Waals surface area contributed by atoms with Crippen molar-refractivity contribution in [2.45, 2.75) is 19.9 Å². The summed E-state index contributed by atoms with van der Waals surface area (Å²) < 4.78 is 19.3. The van der Waals surface area contributed by atoms with Crippen molar-refractivity contribution in [3.05, 3.63) is 113 Å². The monoisotopic (exact) mass is 657 g/mol. The first-order valence-corrected chi connectivity index (χ1v) is 15.3. The summed E-state index contributed by atoms with van der Waals surface area (Å²) in [6.07, 6.45) is 0. The van der Waals surface area contributed by atoms with Crippen molar-refractivity contribution in [2.75, 3.05) is 24.8 Å². The summed E-state index contributed by atoms with van der Waals surface area (Å²) >= 11 is 4.65. The van der Waals surface area contributed by atoms with Crippen molar-refractivity contribution in [3.63, 3.8) is 0 Å². The average molecular weight is 659 g/mol. The molecule has 4 heterocycles. The van der Waals surface area contributed by atoms with E-state index in [2.05, 4.69) is 15.9 Å². The Morgan fingerprint density at radius 2 is 1.84 bits per heavy atom. The van der Waals surface area contributed by atoms with E-state index in [0.717, 1.165) is 21.5 Å². The lowest BCUT2D eigenvalue weighted by Gasteiger charge is -2.26. The predicted molar refractivity (Wildman–Crippen MR) is 165 cm³/mol. The van der Waals surface area contributed by atoms with Crippen LogP contribution in [0.4, 0.5) is 5.69 Å². The van der Waals surface area contributed by atoms with Crippen molar-refractivity contribution in [2.24, 2.45) is 4.99 Å². The fourth-order valence-corrected chi connectivity index (χ4v) is 7.18. The number of halogens is 1. The molecule has 1 amide bonds. The third-order valence-corrected chi connectivity index (χ3v) is 9.13. The zero-order valence-electron chi connectivity index (χ0n) is 23.1. The third-order valence-electron chi connectivity index (χ3n) is 7.58. The van der Waals surface area contributed by atoms with Gasteiger partial charge in [-0.2, -0.15) is 0 Å². The number of ether oxygens (including phenoxy) is 3. The Balaban J connectivity index is 1.57. The van der Waals surface area contributed by atoms with E-state index in [0.29, 0.717) is 50.8 Å². The second-order valence-corrected chi connectivity index (χ2v) is 11.8. The summed E-state index contributed by atoms with van der Waals surface area (Å²) in [5, 5.41) is 0. The van der Waals surface area contributed by atoms with Crippen LogP contribution in [0.3, 0.4) is 0 Å². The van der Waals surface area contributed by atoms with Crippen molar-refractivity contribution in [1.29, 1.82) is 0 Å². The van der Waals surface area contributed by atoms with E-state index in [4.69, 9.17) is 19.2 Å². The Labute approximate surface area is 258 Å². The highest BCUT2D eigenvalue weighted by atomic mass is 79.9. The van der Waals surface area contributed by atoms with E-state index in [9.17, 15) is 14.4 Å². The molecule has 0 saturated carbocycles. The van der Waals surface area contributed by atoms with E-state index in [1.165, 1.54) is 4.57 Å². The lowest BCUT2D eigenvalue weighted by atomic mass is 9.93. The van der Waals surface area contributed by atoms with Gasteiger partial charge < -0.3 is 19.1 Å². The Morgan fingerprint density at radius 1 is 1.05 bits per heavy atom. The van der Waals surface area contributed by atoms with Gasteiger partial charge in [-0.05, 0) is 49.7 Å². The molecular formula is C32H24BrN3O6S. The minimum Gasteiger partial charge on any atom is -0.463 e. The topological polar surface area (TPSA) is 99.4 Å². The van der Waals surface area contributed by atoms with Crippen molar-refractivity contribution in [3.8, 4) is 11.5 Å². The highest BCUT2D eigenvalue weighted by molar-refractivity contribution is 9.10. The Kier molecular flexibility index (Phi) is 6.78. The van der Waals surface area contributed by atoms with Gasteiger partial charge in [0.05, 0.1) is 35.2 Å². The van der Waals surface area contributed by atoms with Crippen LogP contribution in [0.1, 0.15) is 36.6 Å². The first-order chi connectivity index (χ1) is 20.9. The first-order valence-electron chi connectivity index (χ1n) is 13.7. The SMILES string of the molecule is CCOC(=O)C1=C(c2ccccc2)N=c2s/c(=C3/C(=O)N(CC)c4ccc(Br)cc43)c(=O)n2[C@H]1c1ccc2c(c1)OCO2. The molecule has 1 atom stereocenters. The number of anilines is 1. The highest BCUT2D eigenvalue weighted by Gasteiger charge is 2.38. The number of thiazole rings is 1. The molecule has 43 heavy (non-hydrogen) atoms. The quantitative estimate of drug-likeness (QED) is 0.299. The van der Waals surface area contributed by atoms with Crippen LogP contribution in [0.15, 0.2) is 86.6 Å². The number of carbonyl (C=O) groups excluding carboxylic acids is 2. The molecule has 0 saturated heterocycles. The molecule has 0 bridgehead atoms. The van der Waals surface area contributed by atoms with Crippen LogP contribution in [0.25, 0.3) is 11.3 Å². The second kappa shape index (κ2) is 10.7. The third kappa shape index (κ3) is 4.33.